The first-order chi connectivity index (χ1) is 16.0. The molecule has 1 saturated heterocycles. The van der Waals surface area contributed by atoms with E-state index in [1.165, 1.54) is 11.1 Å². The molecule has 1 aliphatic heterocycles. The van der Waals surface area contributed by atoms with Gasteiger partial charge in [0.2, 0.25) is 11.9 Å². The average Bonchev–Trinajstić information content (AvgIpc) is 3.29. The van der Waals surface area contributed by atoms with Gasteiger partial charge in [0, 0.05) is 43.7 Å². The molecule has 3 aromatic rings. The number of nitrogens with two attached hydrogens (primary N) is 1. The molecule has 1 aromatic heterocycles. The zero-order valence-corrected chi connectivity index (χ0v) is 21.1. The van der Waals surface area contributed by atoms with Gasteiger partial charge in [-0.3, -0.25) is 4.90 Å². The Morgan fingerprint density at radius 1 is 1.21 bits per heavy atom. The zero-order valence-electron chi connectivity index (χ0n) is 18.7. The van der Waals surface area contributed by atoms with Gasteiger partial charge in [-0.15, -0.1) is 9.82 Å². The third kappa shape index (κ3) is 6.48. The van der Waals surface area contributed by atoms with Crippen LogP contribution in [0.2, 0.25) is 0 Å². The molecule has 1 unspecified atom stereocenters. The molecule has 0 radical (unpaired) electrons. The molecule has 1 aliphatic rings. The van der Waals surface area contributed by atoms with Crippen molar-refractivity contribution in [3.8, 4) is 0 Å². The van der Waals surface area contributed by atoms with Gasteiger partial charge in [0.05, 0.1) is 11.4 Å². The summed E-state index contributed by atoms with van der Waals surface area (Å²) in [5.74, 6) is 1.02. The van der Waals surface area contributed by atoms with E-state index in [-0.39, 0.29) is 5.95 Å². The topological polar surface area (TPSA) is 109 Å². The molecule has 8 nitrogen and oxygen atoms in total. The number of nitrogens with one attached hydrogen (secondary N) is 2. The minimum atomic E-state index is -1.19. The monoisotopic (exact) mass is 531 g/mol. The Labute approximate surface area is 206 Å². The fraction of sp³-hybridized carbons (Fsp3) is 0.391. The van der Waals surface area contributed by atoms with Crippen molar-refractivity contribution in [2.45, 2.75) is 36.7 Å². The Morgan fingerprint density at radius 2 is 1.97 bits per heavy atom. The number of aromatic nitrogens is 3. The highest BCUT2D eigenvalue weighted by atomic mass is 79.9. The number of H-pyrrole nitrogens is 1. The minimum Gasteiger partial charge on any atom is -0.593 e. The van der Waals surface area contributed by atoms with Crippen LogP contribution in [0.1, 0.15) is 24.0 Å². The van der Waals surface area contributed by atoms with Gasteiger partial charge in [0.15, 0.2) is 4.90 Å². The van der Waals surface area contributed by atoms with Gasteiger partial charge in [-0.1, -0.05) is 40.2 Å². The minimum absolute atomic E-state index is 0.280. The molecule has 33 heavy (non-hydrogen) atoms. The fourth-order valence-electron chi connectivity index (χ4n) is 4.28. The molecular weight excluding hydrogens is 502 g/mol. The highest BCUT2D eigenvalue weighted by molar-refractivity contribution is 9.10. The van der Waals surface area contributed by atoms with Crippen LogP contribution in [0.3, 0.4) is 0 Å². The van der Waals surface area contributed by atoms with Crippen LogP contribution >= 0.6 is 15.9 Å². The quantitative estimate of drug-likeness (QED) is 0.364. The molecule has 1 atom stereocenters. The lowest BCUT2D eigenvalue weighted by molar-refractivity contribution is 0.162. The van der Waals surface area contributed by atoms with Crippen LogP contribution in [0.25, 0.3) is 0 Å². The molecule has 0 saturated carbocycles. The Bertz CT molecular complexity index is 1020. The van der Waals surface area contributed by atoms with E-state index in [1.54, 1.807) is 7.05 Å². The lowest BCUT2D eigenvalue weighted by atomic mass is 10.0. The van der Waals surface area contributed by atoms with E-state index in [1.807, 2.05) is 18.2 Å². The first kappa shape index (κ1) is 24.0. The van der Waals surface area contributed by atoms with Crippen molar-refractivity contribution in [2.75, 3.05) is 37.3 Å². The molecule has 2 heterocycles. The van der Waals surface area contributed by atoms with Crippen LogP contribution in [-0.2, 0) is 24.3 Å². The number of hydrogen-bond acceptors (Lipinski definition) is 7. The van der Waals surface area contributed by atoms with Crippen LogP contribution in [0.4, 0.5) is 11.9 Å². The van der Waals surface area contributed by atoms with Crippen molar-refractivity contribution < 1.29 is 4.55 Å². The Kier molecular flexibility index (Phi) is 8.26. The molecule has 4 rings (SSSR count). The molecule has 176 valence electrons. The summed E-state index contributed by atoms with van der Waals surface area (Å²) in [7, 11) is 1.71. The highest BCUT2D eigenvalue weighted by Crippen LogP contribution is 2.23. The number of aromatic amines is 1. The maximum Gasteiger partial charge on any atom is 0.241 e. The first-order valence-corrected chi connectivity index (χ1v) is 13.1. The number of piperidine rings is 1. The van der Waals surface area contributed by atoms with E-state index in [2.05, 4.69) is 76.0 Å². The lowest BCUT2D eigenvalue weighted by Crippen LogP contribution is -2.45. The Hall–Kier alpha value is -2.11. The van der Waals surface area contributed by atoms with Crippen LogP contribution < -0.4 is 15.4 Å². The maximum absolute atomic E-state index is 12.2. The second kappa shape index (κ2) is 11.3. The van der Waals surface area contributed by atoms with E-state index in [0.29, 0.717) is 6.04 Å². The van der Waals surface area contributed by atoms with Crippen molar-refractivity contribution in [1.29, 1.82) is 0 Å². The third-order valence-corrected chi connectivity index (χ3v) is 7.64. The molecule has 0 bridgehead atoms. The molecule has 2 aromatic carbocycles. The lowest BCUT2D eigenvalue weighted by Gasteiger charge is -2.38. The van der Waals surface area contributed by atoms with Crippen molar-refractivity contribution in [3.63, 3.8) is 0 Å². The average molecular weight is 533 g/mol. The van der Waals surface area contributed by atoms with Crippen molar-refractivity contribution in [2.24, 2.45) is 0 Å². The van der Waals surface area contributed by atoms with Gasteiger partial charge in [-0.2, -0.15) is 4.98 Å². The summed E-state index contributed by atoms with van der Waals surface area (Å²) in [5, 5.41) is 6.88. The van der Waals surface area contributed by atoms with Gasteiger partial charge in [0.25, 0.3) is 0 Å². The smallest absolute Gasteiger partial charge is 0.241 e. The summed E-state index contributed by atoms with van der Waals surface area (Å²) >= 11 is 2.33. The van der Waals surface area contributed by atoms with Crippen LogP contribution in [0, 0.1) is 0 Å². The number of anilines is 2. The Morgan fingerprint density at radius 3 is 2.64 bits per heavy atom. The molecule has 4 N–H and O–H groups in total. The molecule has 1 fully saturated rings. The second-order valence-corrected chi connectivity index (χ2v) is 10.5. The van der Waals surface area contributed by atoms with Crippen LogP contribution in [0.5, 0.6) is 0 Å². The molecule has 0 aliphatic carbocycles. The van der Waals surface area contributed by atoms with Gasteiger partial charge in [-0.25, -0.2) is 5.10 Å². The molecule has 0 amide bonds. The van der Waals surface area contributed by atoms with E-state index < -0.39 is 11.4 Å². The van der Waals surface area contributed by atoms with E-state index >= 15 is 0 Å². The molecular formula is C23H30BrN7OS. The summed E-state index contributed by atoms with van der Waals surface area (Å²) in [5.41, 5.74) is 8.18. The van der Waals surface area contributed by atoms with E-state index in [4.69, 9.17) is 5.73 Å². The molecule has 0 spiro atoms. The Balaban J connectivity index is 1.45. The number of nitrogen functional groups attached to an aromatic ring is 1. The van der Waals surface area contributed by atoms with E-state index in [9.17, 15) is 4.55 Å². The van der Waals surface area contributed by atoms with Gasteiger partial charge in [0.1, 0.15) is 0 Å². The fourth-order valence-corrected chi connectivity index (χ4v) is 5.24. The van der Waals surface area contributed by atoms with Crippen molar-refractivity contribution in [3.05, 3.63) is 64.1 Å². The SMILES string of the molecule is CN[S+]([O-])c1cccc(CN(CCc2ccc(Br)cc2)C2CCN(c3nc(N)n[nH]3)CC2)c1. The third-order valence-electron chi connectivity index (χ3n) is 6.06. The van der Waals surface area contributed by atoms with Crippen molar-refractivity contribution in [1.82, 2.24) is 24.8 Å². The van der Waals surface area contributed by atoms with Crippen molar-refractivity contribution >= 4 is 39.2 Å². The van der Waals surface area contributed by atoms with Crippen LogP contribution in [0.15, 0.2) is 57.9 Å². The van der Waals surface area contributed by atoms with Gasteiger partial charge in [-0.05, 0) is 54.7 Å². The summed E-state index contributed by atoms with van der Waals surface area (Å²) in [6, 6.07) is 17.1. The number of nitrogens with zero attached hydrogens (tertiary/aromatic N) is 4. The second-order valence-electron chi connectivity index (χ2n) is 8.20. The van der Waals surface area contributed by atoms with Crippen LogP contribution in [-0.4, -0.2) is 57.4 Å². The zero-order chi connectivity index (χ0) is 23.2. The summed E-state index contributed by atoms with van der Waals surface area (Å²) in [6.07, 6.45) is 3.04. The number of halogens is 1. The summed E-state index contributed by atoms with van der Waals surface area (Å²) in [6.45, 7) is 3.59. The van der Waals surface area contributed by atoms with Gasteiger partial charge >= 0.3 is 0 Å². The van der Waals surface area contributed by atoms with E-state index in [0.717, 1.165) is 60.8 Å². The number of rotatable bonds is 9. The number of hydrogen-bond donors (Lipinski definition) is 3. The first-order valence-electron chi connectivity index (χ1n) is 11.1. The highest BCUT2D eigenvalue weighted by Gasteiger charge is 2.26. The summed E-state index contributed by atoms with van der Waals surface area (Å²) in [4.78, 5) is 9.86. The predicted octanol–water partition coefficient (Wildman–Crippen LogP) is 3.11. The normalized spacial score (nSPS) is 15.8. The van der Waals surface area contributed by atoms with Gasteiger partial charge < -0.3 is 15.2 Å². The summed E-state index contributed by atoms with van der Waals surface area (Å²) < 4.78 is 16.1. The predicted molar refractivity (Wildman–Crippen MR) is 136 cm³/mol. The maximum atomic E-state index is 12.2. The molecule has 10 heteroatoms. The number of benzene rings is 2. The largest absolute Gasteiger partial charge is 0.593 e. The standard InChI is InChI=1S/C23H30BrN7OS/c1-26-33(32)21-4-2-3-18(15-21)16-31(12-9-17-5-7-19(24)8-6-17)20-10-13-30(14-11-20)23-27-22(25)28-29-23/h2-8,15,20,26H,9-14,16H2,1H3,(H3,25,27,28,29).